The van der Waals surface area contributed by atoms with Crippen LogP contribution in [0.15, 0.2) is 12.1 Å². The highest BCUT2D eigenvalue weighted by Crippen LogP contribution is 2.38. The van der Waals surface area contributed by atoms with Gasteiger partial charge in [-0.05, 0) is 12.5 Å². The second-order valence-electron chi connectivity index (χ2n) is 7.97. The van der Waals surface area contributed by atoms with Gasteiger partial charge >= 0.3 is 6.18 Å². The molecule has 6 nitrogen and oxygen atoms in total. The molecular formula is C21H22F6N4O2. The molecule has 2 aliphatic rings. The summed E-state index contributed by atoms with van der Waals surface area (Å²) in [6.07, 6.45) is -3.92. The quantitative estimate of drug-likeness (QED) is 0.362. The molecule has 4 rings (SSSR count). The van der Waals surface area contributed by atoms with Crippen LogP contribution in [0.2, 0.25) is 0 Å². The normalized spacial score (nSPS) is 18.3. The second-order valence-corrected chi connectivity index (χ2v) is 7.97. The Morgan fingerprint density at radius 1 is 1.03 bits per heavy atom. The van der Waals surface area contributed by atoms with E-state index in [1.54, 1.807) is 9.80 Å². The van der Waals surface area contributed by atoms with E-state index in [-0.39, 0.29) is 43.9 Å². The SMILES string of the molecule is O=CCCC(c1cc(F)c(F)cc1F)N1CCn2c(C(F)(F)F)nc(N3CCOCC3)c2C1. The lowest BCUT2D eigenvalue weighted by atomic mass is 9.98. The largest absolute Gasteiger partial charge is 0.449 e. The highest BCUT2D eigenvalue weighted by molar-refractivity contribution is 5.50. The van der Waals surface area contributed by atoms with Gasteiger partial charge in [-0.3, -0.25) is 4.90 Å². The molecule has 0 radical (unpaired) electrons. The topological polar surface area (TPSA) is 50.6 Å². The molecule has 0 N–H and O–H groups in total. The van der Waals surface area contributed by atoms with Crippen LogP contribution in [0.4, 0.5) is 32.2 Å². The fraction of sp³-hybridized carbons (Fsp3) is 0.524. The molecule has 1 unspecified atom stereocenters. The van der Waals surface area contributed by atoms with Gasteiger partial charge in [0.15, 0.2) is 17.5 Å². The molecule has 0 aliphatic carbocycles. The van der Waals surface area contributed by atoms with E-state index in [1.807, 2.05) is 0 Å². The van der Waals surface area contributed by atoms with E-state index in [0.29, 0.717) is 44.3 Å². The fourth-order valence-electron chi connectivity index (χ4n) is 4.44. The molecule has 1 fully saturated rings. The minimum Gasteiger partial charge on any atom is -0.378 e. The van der Waals surface area contributed by atoms with Crippen molar-refractivity contribution in [1.82, 2.24) is 14.5 Å². The Morgan fingerprint density at radius 3 is 2.39 bits per heavy atom. The number of aldehydes is 1. The maximum absolute atomic E-state index is 14.6. The van der Waals surface area contributed by atoms with Crippen molar-refractivity contribution in [3.8, 4) is 0 Å². The summed E-state index contributed by atoms with van der Waals surface area (Å²) in [4.78, 5) is 18.3. The molecular weight excluding hydrogens is 454 g/mol. The lowest BCUT2D eigenvalue weighted by Crippen LogP contribution is -2.40. The van der Waals surface area contributed by atoms with Crippen molar-refractivity contribution in [2.45, 2.75) is 38.1 Å². The van der Waals surface area contributed by atoms with Crippen LogP contribution in [0.1, 0.15) is 36.0 Å². The molecule has 1 aromatic carbocycles. The van der Waals surface area contributed by atoms with E-state index in [4.69, 9.17) is 4.74 Å². The third-order valence-electron chi connectivity index (χ3n) is 5.98. The molecule has 0 saturated carbocycles. The standard InChI is InChI=1S/C21H22F6N4O2/c22-14-11-16(24)15(23)10-13(14)17(2-1-7-32)30-3-4-31-18(12-30)19(28-20(31)21(25,26)27)29-5-8-33-9-6-29/h7,10-11,17H,1-6,8-9,12H2. The predicted octanol–water partition coefficient (Wildman–Crippen LogP) is 3.69. The zero-order valence-electron chi connectivity index (χ0n) is 17.5. The lowest BCUT2D eigenvalue weighted by Gasteiger charge is -2.37. The first-order chi connectivity index (χ1) is 15.7. The molecule has 0 bridgehead atoms. The van der Waals surface area contributed by atoms with Crippen LogP contribution in [-0.2, 0) is 28.8 Å². The number of carbonyl (C=O) groups is 1. The number of morpholine rings is 1. The van der Waals surface area contributed by atoms with Crippen molar-refractivity contribution in [3.05, 3.63) is 46.7 Å². The molecule has 2 aromatic rings. The first-order valence-electron chi connectivity index (χ1n) is 10.5. The monoisotopic (exact) mass is 476 g/mol. The Kier molecular flexibility index (Phi) is 6.66. The van der Waals surface area contributed by atoms with Gasteiger partial charge in [0, 0.05) is 56.8 Å². The van der Waals surface area contributed by atoms with Crippen molar-refractivity contribution >= 4 is 12.1 Å². The molecule has 33 heavy (non-hydrogen) atoms. The number of hydrogen-bond acceptors (Lipinski definition) is 5. The molecule has 1 aromatic heterocycles. The van der Waals surface area contributed by atoms with Gasteiger partial charge in [0.2, 0.25) is 5.82 Å². The second kappa shape index (κ2) is 9.34. The van der Waals surface area contributed by atoms with Gasteiger partial charge in [0.25, 0.3) is 0 Å². The third-order valence-corrected chi connectivity index (χ3v) is 5.98. The summed E-state index contributed by atoms with van der Waals surface area (Å²) in [5, 5.41) is 0. The summed E-state index contributed by atoms with van der Waals surface area (Å²) < 4.78 is 89.4. The number of imidazole rings is 1. The maximum Gasteiger partial charge on any atom is 0.449 e. The zero-order chi connectivity index (χ0) is 23.8. The summed E-state index contributed by atoms with van der Waals surface area (Å²) in [6.45, 7) is 1.40. The number of rotatable bonds is 6. The smallest absolute Gasteiger partial charge is 0.378 e. The molecule has 1 atom stereocenters. The van der Waals surface area contributed by atoms with E-state index in [1.165, 1.54) is 0 Å². The number of anilines is 1. The van der Waals surface area contributed by atoms with E-state index in [9.17, 15) is 31.1 Å². The summed E-state index contributed by atoms with van der Waals surface area (Å²) in [6, 6.07) is 0.352. The van der Waals surface area contributed by atoms with Gasteiger partial charge < -0.3 is 19.0 Å². The molecule has 180 valence electrons. The molecule has 1 saturated heterocycles. The van der Waals surface area contributed by atoms with E-state index in [2.05, 4.69) is 4.98 Å². The van der Waals surface area contributed by atoms with Crippen molar-refractivity contribution in [1.29, 1.82) is 0 Å². The average molecular weight is 476 g/mol. The van der Waals surface area contributed by atoms with Crippen molar-refractivity contribution in [2.24, 2.45) is 0 Å². The fourth-order valence-corrected chi connectivity index (χ4v) is 4.44. The summed E-state index contributed by atoms with van der Waals surface area (Å²) in [7, 11) is 0. The minimum absolute atomic E-state index is 0.0169. The first kappa shape index (κ1) is 23.6. The summed E-state index contributed by atoms with van der Waals surface area (Å²) >= 11 is 0. The number of nitrogens with zero attached hydrogens (tertiary/aromatic N) is 4. The van der Waals surface area contributed by atoms with Gasteiger partial charge in [0.1, 0.15) is 12.1 Å². The van der Waals surface area contributed by atoms with Crippen LogP contribution in [-0.4, -0.2) is 53.6 Å². The van der Waals surface area contributed by atoms with Crippen molar-refractivity contribution in [2.75, 3.05) is 37.7 Å². The van der Waals surface area contributed by atoms with Crippen LogP contribution < -0.4 is 4.90 Å². The van der Waals surface area contributed by atoms with E-state index >= 15 is 0 Å². The number of fused-ring (bicyclic) bond motifs is 1. The molecule has 3 heterocycles. The Bertz CT molecular complexity index is 1020. The van der Waals surface area contributed by atoms with Crippen molar-refractivity contribution < 1.29 is 35.9 Å². The Hall–Kier alpha value is -2.60. The Labute approximate surface area is 185 Å². The molecule has 12 heteroatoms. The van der Waals surface area contributed by atoms with Gasteiger partial charge in [-0.2, -0.15) is 13.2 Å². The first-order valence-corrected chi connectivity index (χ1v) is 10.5. The number of alkyl halides is 3. The maximum atomic E-state index is 14.6. The Balaban J connectivity index is 1.73. The number of ether oxygens (including phenoxy) is 1. The van der Waals surface area contributed by atoms with Crippen LogP contribution in [0.5, 0.6) is 0 Å². The average Bonchev–Trinajstić information content (AvgIpc) is 3.17. The van der Waals surface area contributed by atoms with E-state index < -0.39 is 35.5 Å². The molecule has 2 aliphatic heterocycles. The number of halogens is 6. The molecule has 0 amide bonds. The van der Waals surface area contributed by atoms with E-state index in [0.717, 1.165) is 10.6 Å². The zero-order valence-corrected chi connectivity index (χ0v) is 17.5. The summed E-state index contributed by atoms with van der Waals surface area (Å²) in [5.41, 5.74) is 0.155. The Morgan fingerprint density at radius 2 is 1.73 bits per heavy atom. The molecule has 0 spiro atoms. The van der Waals surface area contributed by atoms with Gasteiger partial charge in [0.05, 0.1) is 18.9 Å². The number of hydrogen-bond donors (Lipinski definition) is 0. The third kappa shape index (κ3) is 4.72. The van der Waals surface area contributed by atoms with Crippen LogP contribution in [0.3, 0.4) is 0 Å². The minimum atomic E-state index is -4.66. The number of benzene rings is 1. The van der Waals surface area contributed by atoms with Gasteiger partial charge in [-0.15, -0.1) is 0 Å². The van der Waals surface area contributed by atoms with Crippen LogP contribution in [0, 0.1) is 17.5 Å². The highest BCUT2D eigenvalue weighted by atomic mass is 19.4. The van der Waals surface area contributed by atoms with Gasteiger partial charge in [-0.25, -0.2) is 18.2 Å². The number of carbonyl (C=O) groups excluding carboxylic acids is 1. The lowest BCUT2D eigenvalue weighted by molar-refractivity contribution is -0.147. The highest BCUT2D eigenvalue weighted by Gasteiger charge is 2.42. The predicted molar refractivity (Wildman–Crippen MR) is 105 cm³/mol. The number of aromatic nitrogens is 2. The van der Waals surface area contributed by atoms with Crippen molar-refractivity contribution in [3.63, 3.8) is 0 Å². The van der Waals surface area contributed by atoms with Crippen LogP contribution in [0.25, 0.3) is 0 Å². The van der Waals surface area contributed by atoms with Gasteiger partial charge in [-0.1, -0.05) is 0 Å². The summed E-state index contributed by atoms with van der Waals surface area (Å²) in [5.74, 6) is -4.39. The van der Waals surface area contributed by atoms with Crippen LogP contribution >= 0.6 is 0 Å².